The van der Waals surface area contributed by atoms with Gasteiger partial charge in [0, 0.05) is 6.42 Å². The van der Waals surface area contributed by atoms with Gasteiger partial charge in [0.15, 0.2) is 0 Å². The van der Waals surface area contributed by atoms with Crippen LogP contribution in [0.2, 0.25) is 0 Å². The van der Waals surface area contributed by atoms with Crippen LogP contribution >= 0.6 is 0 Å². The quantitative estimate of drug-likeness (QED) is 0.401. The first-order valence-corrected chi connectivity index (χ1v) is 5.88. The van der Waals surface area contributed by atoms with Gasteiger partial charge in [-0.2, -0.15) is 0 Å². The van der Waals surface area contributed by atoms with Crippen LogP contribution in [0.3, 0.4) is 0 Å². The first-order chi connectivity index (χ1) is 8.63. The summed E-state index contributed by atoms with van der Waals surface area (Å²) in [6, 6.07) is -1.68. The maximum atomic E-state index is 10.2. The minimum absolute atomic E-state index is 0.0213. The van der Waals surface area contributed by atoms with Crippen LogP contribution in [0, 0.1) is 5.92 Å². The molecular weight excluding hydrogens is 254 g/mol. The molecule has 19 heavy (non-hydrogen) atoms. The zero-order valence-corrected chi connectivity index (χ0v) is 11.2. The highest BCUT2D eigenvalue weighted by Gasteiger charge is 2.17. The maximum Gasteiger partial charge on any atom is 0.320 e. The average molecular weight is 277 g/mol. The predicted octanol–water partition coefficient (Wildman–Crippen LogP) is -0.892. The van der Waals surface area contributed by atoms with Gasteiger partial charge in [-0.05, 0) is 12.3 Å². The van der Waals surface area contributed by atoms with Crippen molar-refractivity contribution in [3.8, 4) is 0 Å². The minimum Gasteiger partial charge on any atom is -0.480 e. The average Bonchev–Trinajstić information content (AvgIpc) is 2.34. The molecule has 112 valence electrons. The predicted molar refractivity (Wildman–Crippen MR) is 69.1 cm³/mol. The Bertz CT molecular complexity index is 309. The fourth-order valence-corrected chi connectivity index (χ4v) is 0.919. The van der Waals surface area contributed by atoms with E-state index in [1.165, 1.54) is 0 Å². The number of carbonyl (C=O) groups is 3. The number of carboxylic acid groups (broad SMARTS) is 2. The van der Waals surface area contributed by atoms with E-state index in [4.69, 9.17) is 27.4 Å². The molecule has 8 N–H and O–H groups in total. The number of hydrogen-bond acceptors (Lipinski definition) is 5. The lowest BCUT2D eigenvalue weighted by Crippen LogP contribution is -2.36. The summed E-state index contributed by atoms with van der Waals surface area (Å²) in [5.41, 5.74) is 15.1. The van der Waals surface area contributed by atoms with Gasteiger partial charge in [0.1, 0.15) is 12.1 Å². The third-order valence-corrected chi connectivity index (χ3v) is 2.56. The molecule has 0 spiro atoms. The Hall–Kier alpha value is -1.67. The van der Waals surface area contributed by atoms with Crippen LogP contribution in [-0.4, -0.2) is 40.1 Å². The highest BCUT2D eigenvalue weighted by atomic mass is 16.4. The van der Waals surface area contributed by atoms with Crippen molar-refractivity contribution >= 4 is 17.8 Å². The summed E-state index contributed by atoms with van der Waals surface area (Å²) in [5.74, 6) is -2.48. The first kappa shape index (κ1) is 19.7. The monoisotopic (exact) mass is 277 g/mol. The number of rotatable bonds is 7. The molecule has 0 aromatic rings. The molecule has 1 amide bonds. The number of carbonyl (C=O) groups excluding carboxylic acids is 1. The number of primary amides is 1. The Balaban J connectivity index is 0. The normalized spacial score (nSPS) is 14.5. The van der Waals surface area contributed by atoms with Gasteiger partial charge in [0.2, 0.25) is 5.91 Å². The van der Waals surface area contributed by atoms with E-state index in [0.29, 0.717) is 0 Å². The zero-order valence-electron chi connectivity index (χ0n) is 11.2. The Morgan fingerprint density at radius 2 is 1.58 bits per heavy atom. The van der Waals surface area contributed by atoms with E-state index < -0.39 is 29.9 Å². The van der Waals surface area contributed by atoms with Gasteiger partial charge < -0.3 is 27.4 Å². The summed E-state index contributed by atoms with van der Waals surface area (Å²) in [6.45, 7) is 3.76. The molecule has 0 aliphatic heterocycles. The molecule has 8 nitrogen and oxygen atoms in total. The molecule has 0 aliphatic rings. The Labute approximate surface area is 111 Å². The lowest BCUT2D eigenvalue weighted by molar-refractivity contribution is -0.140. The summed E-state index contributed by atoms with van der Waals surface area (Å²) >= 11 is 0. The fourth-order valence-electron chi connectivity index (χ4n) is 0.919. The summed E-state index contributed by atoms with van der Waals surface area (Å²) in [4.78, 5) is 30.3. The Kier molecular flexibility index (Phi) is 10.6. The molecule has 0 rings (SSSR count). The third kappa shape index (κ3) is 11.2. The number of amides is 1. The molecule has 0 radical (unpaired) electrons. The molecule has 0 aliphatic carbocycles. The molecule has 0 saturated heterocycles. The van der Waals surface area contributed by atoms with E-state index in [0.717, 1.165) is 6.42 Å². The smallest absolute Gasteiger partial charge is 0.320 e. The second-order valence-corrected chi connectivity index (χ2v) is 4.20. The molecule has 8 heteroatoms. The van der Waals surface area contributed by atoms with Crippen molar-refractivity contribution in [3.05, 3.63) is 0 Å². The Morgan fingerprint density at radius 3 is 1.79 bits per heavy atom. The third-order valence-electron chi connectivity index (χ3n) is 2.56. The number of nitrogens with two attached hydrogens (primary N) is 3. The van der Waals surface area contributed by atoms with Crippen molar-refractivity contribution in [1.82, 2.24) is 0 Å². The minimum atomic E-state index is -1.11. The molecule has 3 atom stereocenters. The van der Waals surface area contributed by atoms with Gasteiger partial charge in [-0.3, -0.25) is 14.4 Å². The van der Waals surface area contributed by atoms with Crippen LogP contribution in [0.4, 0.5) is 0 Å². The van der Waals surface area contributed by atoms with Crippen molar-refractivity contribution in [3.63, 3.8) is 0 Å². The summed E-state index contributed by atoms with van der Waals surface area (Å²) in [5, 5.41) is 16.6. The lowest BCUT2D eigenvalue weighted by Gasteiger charge is -2.11. The van der Waals surface area contributed by atoms with Crippen LogP contribution in [0.5, 0.6) is 0 Å². The molecule has 3 unspecified atom stereocenters. The standard InChI is InChI=1S/C6H13NO2.C5H10N2O3/c1-3-4(2)5(7)6(8)9;6-3(5(9)10)1-2-4(7)8/h4-5H,3,7H2,1-2H3,(H,8,9);3H,1-2,6H2,(H2,7,8)(H,9,10). The lowest BCUT2D eigenvalue weighted by atomic mass is 10.0. The van der Waals surface area contributed by atoms with Crippen LogP contribution in [0.1, 0.15) is 33.1 Å². The second kappa shape index (κ2) is 10.3. The summed E-state index contributed by atoms with van der Waals surface area (Å²) < 4.78 is 0. The Morgan fingerprint density at radius 1 is 1.11 bits per heavy atom. The topological polar surface area (TPSA) is 170 Å². The molecule has 0 saturated carbocycles. The van der Waals surface area contributed by atoms with Crippen LogP contribution in [0.15, 0.2) is 0 Å². The zero-order chi connectivity index (χ0) is 15.6. The van der Waals surface area contributed by atoms with E-state index in [1.807, 2.05) is 13.8 Å². The van der Waals surface area contributed by atoms with Crippen LogP contribution in [0.25, 0.3) is 0 Å². The summed E-state index contributed by atoms with van der Waals surface area (Å²) in [7, 11) is 0. The van der Waals surface area contributed by atoms with E-state index in [9.17, 15) is 14.4 Å². The van der Waals surface area contributed by atoms with Gasteiger partial charge >= 0.3 is 11.9 Å². The van der Waals surface area contributed by atoms with E-state index in [2.05, 4.69) is 0 Å². The van der Waals surface area contributed by atoms with Crippen molar-refractivity contribution in [2.75, 3.05) is 0 Å². The second-order valence-electron chi connectivity index (χ2n) is 4.20. The van der Waals surface area contributed by atoms with Crippen molar-refractivity contribution in [2.45, 2.75) is 45.2 Å². The highest BCUT2D eigenvalue weighted by Crippen LogP contribution is 2.04. The number of hydrogen-bond donors (Lipinski definition) is 5. The molecule has 0 aromatic heterocycles. The first-order valence-electron chi connectivity index (χ1n) is 5.88. The van der Waals surface area contributed by atoms with Crippen LogP contribution in [-0.2, 0) is 14.4 Å². The SMILES string of the molecule is CCC(C)C(N)C(=O)O.NC(=O)CCC(N)C(=O)O. The van der Waals surface area contributed by atoms with Gasteiger partial charge in [0.25, 0.3) is 0 Å². The van der Waals surface area contributed by atoms with Gasteiger partial charge in [-0.25, -0.2) is 0 Å². The summed E-state index contributed by atoms with van der Waals surface area (Å²) in [6.07, 6.45) is 0.936. The molecule has 0 heterocycles. The molecular formula is C11H23N3O5. The van der Waals surface area contributed by atoms with Gasteiger partial charge in [-0.15, -0.1) is 0 Å². The molecule has 0 aromatic carbocycles. The van der Waals surface area contributed by atoms with Crippen LogP contribution < -0.4 is 17.2 Å². The van der Waals surface area contributed by atoms with E-state index >= 15 is 0 Å². The highest BCUT2D eigenvalue weighted by molar-refractivity contribution is 5.77. The van der Waals surface area contributed by atoms with Crippen molar-refractivity contribution in [2.24, 2.45) is 23.1 Å². The largest absolute Gasteiger partial charge is 0.480 e. The van der Waals surface area contributed by atoms with Crippen molar-refractivity contribution < 1.29 is 24.6 Å². The van der Waals surface area contributed by atoms with Gasteiger partial charge in [-0.1, -0.05) is 20.3 Å². The molecule has 0 bridgehead atoms. The number of carboxylic acids is 2. The van der Waals surface area contributed by atoms with Gasteiger partial charge in [0.05, 0.1) is 0 Å². The maximum absolute atomic E-state index is 10.2. The van der Waals surface area contributed by atoms with Crippen molar-refractivity contribution in [1.29, 1.82) is 0 Å². The fraction of sp³-hybridized carbons (Fsp3) is 0.727. The molecule has 0 fully saturated rings. The van der Waals surface area contributed by atoms with E-state index in [1.54, 1.807) is 0 Å². The van der Waals surface area contributed by atoms with E-state index in [-0.39, 0.29) is 18.8 Å². The number of aliphatic carboxylic acids is 2.